The second kappa shape index (κ2) is 6.83. The first-order valence-corrected chi connectivity index (χ1v) is 5.96. The summed E-state index contributed by atoms with van der Waals surface area (Å²) in [5, 5.41) is 13.5. The first kappa shape index (κ1) is 16.6. The Labute approximate surface area is 119 Å². The van der Waals surface area contributed by atoms with Crippen molar-refractivity contribution in [3.63, 3.8) is 0 Å². The average Bonchev–Trinajstić information content (AvgIpc) is 2.43. The minimum absolute atomic E-state index is 0.227. The van der Waals surface area contributed by atoms with Gasteiger partial charge in [0.05, 0.1) is 18.4 Å². The van der Waals surface area contributed by atoms with Gasteiger partial charge in [0, 0.05) is 0 Å². The highest BCUT2D eigenvalue weighted by Crippen LogP contribution is 2.28. The fourth-order valence-corrected chi connectivity index (χ4v) is 1.57. The Morgan fingerprint density at radius 2 is 2.14 bits per heavy atom. The lowest BCUT2D eigenvalue weighted by molar-refractivity contribution is -0.138. The molecule has 1 aromatic carbocycles. The van der Waals surface area contributed by atoms with Gasteiger partial charge < -0.3 is 15.4 Å². The van der Waals surface area contributed by atoms with Crippen LogP contribution in [0, 0.1) is 11.3 Å². The van der Waals surface area contributed by atoms with E-state index in [1.165, 1.54) is 20.1 Å². The number of hydrogen-bond acceptors (Lipinski definition) is 4. The SMILES string of the molecule is COc1cccc(C#N)c1NC(C)C(=O)NCC(F)(F)F. The van der Waals surface area contributed by atoms with Crippen LogP contribution in [0.3, 0.4) is 0 Å². The van der Waals surface area contributed by atoms with Crippen LogP contribution < -0.4 is 15.4 Å². The number of benzene rings is 1. The van der Waals surface area contributed by atoms with Gasteiger partial charge in [-0.2, -0.15) is 18.4 Å². The van der Waals surface area contributed by atoms with Crippen molar-refractivity contribution in [2.75, 3.05) is 19.0 Å². The van der Waals surface area contributed by atoms with Crippen LogP contribution in [0.25, 0.3) is 0 Å². The number of carbonyl (C=O) groups is 1. The third-order valence-corrected chi connectivity index (χ3v) is 2.58. The summed E-state index contributed by atoms with van der Waals surface area (Å²) in [6.45, 7) is -0.0197. The summed E-state index contributed by atoms with van der Waals surface area (Å²) >= 11 is 0. The van der Waals surface area contributed by atoms with Gasteiger partial charge in [-0.3, -0.25) is 4.79 Å². The summed E-state index contributed by atoms with van der Waals surface area (Å²) in [4.78, 5) is 11.6. The Morgan fingerprint density at radius 3 is 2.67 bits per heavy atom. The van der Waals surface area contributed by atoms with Crippen molar-refractivity contribution >= 4 is 11.6 Å². The molecule has 8 heteroatoms. The number of anilines is 1. The minimum Gasteiger partial charge on any atom is -0.495 e. The summed E-state index contributed by atoms with van der Waals surface area (Å²) in [6, 6.07) is 5.63. The van der Waals surface area contributed by atoms with E-state index in [-0.39, 0.29) is 11.3 Å². The van der Waals surface area contributed by atoms with Crippen LogP contribution in [-0.4, -0.2) is 31.8 Å². The van der Waals surface area contributed by atoms with Gasteiger partial charge in [-0.1, -0.05) is 6.07 Å². The lowest BCUT2D eigenvalue weighted by Gasteiger charge is -2.18. The van der Waals surface area contributed by atoms with E-state index in [9.17, 15) is 18.0 Å². The molecule has 5 nitrogen and oxygen atoms in total. The summed E-state index contributed by atoms with van der Waals surface area (Å²) in [5.41, 5.74) is 0.488. The number of methoxy groups -OCH3 is 1. The predicted molar refractivity (Wildman–Crippen MR) is 69.9 cm³/mol. The Kier molecular flexibility index (Phi) is 5.41. The topological polar surface area (TPSA) is 74.1 Å². The van der Waals surface area contributed by atoms with Crippen LogP contribution in [-0.2, 0) is 4.79 Å². The quantitative estimate of drug-likeness (QED) is 0.873. The second-order valence-corrected chi connectivity index (χ2v) is 4.19. The number of para-hydroxylation sites is 1. The van der Waals surface area contributed by atoms with Gasteiger partial charge in [0.15, 0.2) is 0 Å². The van der Waals surface area contributed by atoms with Crippen molar-refractivity contribution in [1.29, 1.82) is 5.26 Å². The van der Waals surface area contributed by atoms with Crippen molar-refractivity contribution in [2.45, 2.75) is 19.1 Å². The number of halogens is 3. The monoisotopic (exact) mass is 301 g/mol. The summed E-state index contributed by atoms with van der Waals surface area (Å²) in [5.74, 6) is -0.508. The summed E-state index contributed by atoms with van der Waals surface area (Å²) < 4.78 is 41.2. The molecule has 1 amide bonds. The molecular weight excluding hydrogens is 287 g/mol. The lowest BCUT2D eigenvalue weighted by atomic mass is 10.1. The molecule has 0 aliphatic carbocycles. The maximum Gasteiger partial charge on any atom is 0.405 e. The van der Waals surface area contributed by atoms with Crippen molar-refractivity contribution in [1.82, 2.24) is 5.32 Å². The van der Waals surface area contributed by atoms with Crippen LogP contribution in [0.2, 0.25) is 0 Å². The molecular formula is C13H14F3N3O2. The number of rotatable bonds is 5. The van der Waals surface area contributed by atoms with Gasteiger partial charge in [0.1, 0.15) is 24.4 Å². The van der Waals surface area contributed by atoms with Gasteiger partial charge in [-0.15, -0.1) is 0 Å². The molecule has 1 aromatic rings. The van der Waals surface area contributed by atoms with Crippen molar-refractivity contribution in [2.24, 2.45) is 0 Å². The third-order valence-electron chi connectivity index (χ3n) is 2.58. The Morgan fingerprint density at radius 1 is 1.48 bits per heavy atom. The molecule has 0 aliphatic heterocycles. The normalized spacial score (nSPS) is 12.2. The van der Waals surface area contributed by atoms with E-state index in [0.29, 0.717) is 5.75 Å². The fourth-order valence-electron chi connectivity index (χ4n) is 1.57. The van der Waals surface area contributed by atoms with E-state index in [0.717, 1.165) is 0 Å². The molecule has 21 heavy (non-hydrogen) atoms. The zero-order chi connectivity index (χ0) is 16.0. The maximum absolute atomic E-state index is 12.0. The highest BCUT2D eigenvalue weighted by atomic mass is 19.4. The molecule has 114 valence electrons. The molecule has 1 atom stereocenters. The molecule has 0 aromatic heterocycles. The Balaban J connectivity index is 2.81. The van der Waals surface area contributed by atoms with Gasteiger partial charge >= 0.3 is 6.18 Å². The molecule has 0 spiro atoms. The number of carbonyl (C=O) groups excluding carboxylic acids is 1. The number of amides is 1. The Bertz CT molecular complexity index is 553. The average molecular weight is 301 g/mol. The minimum atomic E-state index is -4.47. The van der Waals surface area contributed by atoms with E-state index in [1.54, 1.807) is 17.4 Å². The van der Waals surface area contributed by atoms with Gasteiger partial charge in [0.2, 0.25) is 5.91 Å². The van der Waals surface area contributed by atoms with E-state index in [1.807, 2.05) is 6.07 Å². The van der Waals surface area contributed by atoms with Crippen LogP contribution in [0.4, 0.5) is 18.9 Å². The van der Waals surface area contributed by atoms with Crippen LogP contribution in [0.5, 0.6) is 5.75 Å². The number of alkyl halides is 3. The van der Waals surface area contributed by atoms with E-state index < -0.39 is 24.7 Å². The molecule has 0 radical (unpaired) electrons. The summed E-state index contributed by atoms with van der Waals surface area (Å²) in [7, 11) is 1.38. The number of nitrogens with zero attached hydrogens (tertiary/aromatic N) is 1. The highest BCUT2D eigenvalue weighted by Gasteiger charge is 2.29. The number of nitrogens with one attached hydrogen (secondary N) is 2. The van der Waals surface area contributed by atoms with Gasteiger partial charge in [-0.25, -0.2) is 0 Å². The molecule has 1 rings (SSSR count). The molecule has 0 fully saturated rings. The second-order valence-electron chi connectivity index (χ2n) is 4.19. The van der Waals surface area contributed by atoms with Gasteiger partial charge in [-0.05, 0) is 19.1 Å². The van der Waals surface area contributed by atoms with Crippen LogP contribution in [0.15, 0.2) is 18.2 Å². The Hall–Kier alpha value is -2.43. The molecule has 2 N–H and O–H groups in total. The molecule has 0 heterocycles. The molecule has 0 saturated carbocycles. The predicted octanol–water partition coefficient (Wildman–Crippen LogP) is 2.05. The number of nitriles is 1. The van der Waals surface area contributed by atoms with E-state index >= 15 is 0 Å². The van der Waals surface area contributed by atoms with E-state index in [4.69, 9.17) is 10.00 Å². The lowest BCUT2D eigenvalue weighted by Crippen LogP contribution is -2.42. The van der Waals surface area contributed by atoms with E-state index in [2.05, 4.69) is 5.32 Å². The van der Waals surface area contributed by atoms with Crippen LogP contribution in [0.1, 0.15) is 12.5 Å². The largest absolute Gasteiger partial charge is 0.495 e. The zero-order valence-electron chi connectivity index (χ0n) is 11.4. The van der Waals surface area contributed by atoms with Crippen molar-refractivity contribution < 1.29 is 22.7 Å². The van der Waals surface area contributed by atoms with Crippen molar-refractivity contribution in [3.05, 3.63) is 23.8 Å². The first-order chi connectivity index (χ1) is 9.78. The fraction of sp³-hybridized carbons (Fsp3) is 0.385. The third kappa shape index (κ3) is 4.87. The molecule has 0 saturated heterocycles. The smallest absolute Gasteiger partial charge is 0.405 e. The maximum atomic E-state index is 12.0. The zero-order valence-corrected chi connectivity index (χ0v) is 11.4. The molecule has 0 bridgehead atoms. The first-order valence-electron chi connectivity index (χ1n) is 5.96. The number of ether oxygens (including phenoxy) is 1. The molecule has 1 unspecified atom stereocenters. The molecule has 0 aliphatic rings. The standard InChI is InChI=1S/C13H14F3N3O2/c1-8(12(20)18-7-13(14,15)16)19-11-9(6-17)4-3-5-10(11)21-2/h3-5,8,19H,7H2,1-2H3,(H,18,20). The van der Waals surface area contributed by atoms with Crippen LogP contribution >= 0.6 is 0 Å². The number of hydrogen-bond donors (Lipinski definition) is 2. The summed E-state index contributed by atoms with van der Waals surface area (Å²) in [6.07, 6.45) is -4.47. The highest BCUT2D eigenvalue weighted by molar-refractivity contribution is 5.85. The van der Waals surface area contributed by atoms with Gasteiger partial charge in [0.25, 0.3) is 0 Å². The van der Waals surface area contributed by atoms with Crippen molar-refractivity contribution in [3.8, 4) is 11.8 Å².